The SMILES string of the molecule is C=NC(=N/C=C(\C)N1CC2(CCC(c3cccc(F)c3)(N(C)C)CC2)N(CC2CCC2)C1=O)C(=O)NCC1CCC1. The number of aliphatic imine (C=N–C) groups is 2. The maximum absolute atomic E-state index is 14.3. The maximum atomic E-state index is 14.3. The number of urea groups is 1. The molecule has 1 N–H and O–H groups in total. The number of hydrogen-bond acceptors (Lipinski definition) is 4. The van der Waals surface area contributed by atoms with Crippen LogP contribution in [0.3, 0.4) is 0 Å². The Morgan fingerprint density at radius 2 is 1.83 bits per heavy atom. The van der Waals surface area contributed by atoms with Crippen LogP contribution in [-0.4, -0.2) is 78.5 Å². The number of rotatable bonds is 8. The summed E-state index contributed by atoms with van der Waals surface area (Å²) < 4.78 is 14.3. The normalized spacial score (nSPS) is 27.8. The topological polar surface area (TPSA) is 80.6 Å². The molecule has 1 saturated heterocycles. The Morgan fingerprint density at radius 1 is 1.15 bits per heavy atom. The van der Waals surface area contributed by atoms with Crippen LogP contribution in [0.4, 0.5) is 9.18 Å². The summed E-state index contributed by atoms with van der Waals surface area (Å²) in [5, 5.41) is 2.91. The molecule has 1 aromatic rings. The van der Waals surface area contributed by atoms with Gasteiger partial charge in [0.2, 0.25) is 5.84 Å². The van der Waals surface area contributed by atoms with Gasteiger partial charge in [0.15, 0.2) is 0 Å². The van der Waals surface area contributed by atoms with Crippen molar-refractivity contribution in [3.05, 3.63) is 47.5 Å². The molecule has 0 unspecified atom stereocenters. The van der Waals surface area contributed by atoms with E-state index in [0.29, 0.717) is 30.6 Å². The number of allylic oxidation sites excluding steroid dienone is 1. The van der Waals surface area contributed by atoms with Crippen molar-refractivity contribution in [2.45, 2.75) is 82.2 Å². The molecule has 0 bridgehead atoms. The number of halogens is 1. The molecule has 1 spiro atoms. The number of carbonyl (C=O) groups is 2. The molecule has 1 heterocycles. The van der Waals surface area contributed by atoms with Gasteiger partial charge in [-0.2, -0.15) is 0 Å². The van der Waals surface area contributed by atoms with Gasteiger partial charge in [-0.25, -0.2) is 19.2 Å². The largest absolute Gasteiger partial charge is 0.349 e. The predicted molar refractivity (Wildman–Crippen MR) is 160 cm³/mol. The molecule has 3 aliphatic carbocycles. The van der Waals surface area contributed by atoms with E-state index in [1.54, 1.807) is 18.3 Å². The highest BCUT2D eigenvalue weighted by atomic mass is 19.1. The van der Waals surface area contributed by atoms with Gasteiger partial charge in [0.25, 0.3) is 5.91 Å². The molecule has 0 atom stereocenters. The molecular formula is C32H45FN6O2. The molecule has 9 heteroatoms. The van der Waals surface area contributed by atoms with Gasteiger partial charge in [-0.3, -0.25) is 14.6 Å². The first kappa shape index (κ1) is 29.4. The summed E-state index contributed by atoms with van der Waals surface area (Å²) in [6.45, 7) is 7.38. The molecule has 0 radical (unpaired) electrons. The monoisotopic (exact) mass is 564 g/mol. The van der Waals surface area contributed by atoms with E-state index in [0.717, 1.165) is 63.5 Å². The van der Waals surface area contributed by atoms with Crippen LogP contribution in [0.15, 0.2) is 46.1 Å². The number of nitrogens with one attached hydrogen (secondary N) is 1. The lowest BCUT2D eigenvalue weighted by atomic mass is 9.68. The van der Waals surface area contributed by atoms with Gasteiger partial charge in [-0.1, -0.05) is 25.0 Å². The molecule has 41 heavy (non-hydrogen) atoms. The van der Waals surface area contributed by atoms with Crippen LogP contribution in [0.1, 0.15) is 76.7 Å². The Kier molecular flexibility index (Phi) is 8.64. The second-order valence-electron chi connectivity index (χ2n) is 12.8. The third kappa shape index (κ3) is 5.83. The lowest BCUT2D eigenvalue weighted by Crippen LogP contribution is -2.56. The minimum Gasteiger partial charge on any atom is -0.349 e. The minimum atomic E-state index is -0.337. The molecular weight excluding hydrogens is 519 g/mol. The van der Waals surface area contributed by atoms with Crippen LogP contribution in [0.5, 0.6) is 0 Å². The number of benzene rings is 1. The highest BCUT2D eigenvalue weighted by Gasteiger charge is 2.55. The van der Waals surface area contributed by atoms with E-state index in [4.69, 9.17) is 0 Å². The van der Waals surface area contributed by atoms with Crippen molar-refractivity contribution in [2.24, 2.45) is 21.8 Å². The smallest absolute Gasteiger partial charge is 0.324 e. The van der Waals surface area contributed by atoms with E-state index in [1.807, 2.05) is 17.9 Å². The van der Waals surface area contributed by atoms with Gasteiger partial charge in [0.1, 0.15) is 5.82 Å². The fraction of sp³-hybridized carbons (Fsp3) is 0.625. The first-order valence-corrected chi connectivity index (χ1v) is 15.2. The van der Waals surface area contributed by atoms with Gasteiger partial charge in [0, 0.05) is 30.5 Å². The summed E-state index contributed by atoms with van der Waals surface area (Å²) in [5.74, 6) is 0.531. The second-order valence-corrected chi connectivity index (χ2v) is 12.8. The summed E-state index contributed by atoms with van der Waals surface area (Å²) in [5.41, 5.74) is 1.11. The van der Waals surface area contributed by atoms with Crippen molar-refractivity contribution in [1.82, 2.24) is 20.0 Å². The standard InChI is InChI=1S/C32H45FN6O2/c1-23(19-35-28(34-2)29(40)36-20-24-8-5-9-24)38-22-31(39(30(38)41)21-25-10-6-11-25)14-16-32(17-15-31,37(3)4)26-12-7-13-27(33)18-26/h7,12-13,18-19,24-25H,2,5-6,8-11,14-17,20-22H2,1,3-4H3,(H,36,40)/b23-19+,35-28?. The first-order valence-electron chi connectivity index (χ1n) is 15.2. The Hall–Kier alpha value is -3.07. The molecule has 3 amide bonds. The van der Waals surface area contributed by atoms with E-state index in [1.165, 1.54) is 18.9 Å². The number of amidine groups is 1. The Labute approximate surface area is 243 Å². The van der Waals surface area contributed by atoms with E-state index >= 15 is 0 Å². The number of nitrogens with zero attached hydrogens (tertiary/aromatic N) is 5. The molecule has 1 aromatic carbocycles. The van der Waals surface area contributed by atoms with E-state index in [9.17, 15) is 14.0 Å². The van der Waals surface area contributed by atoms with Crippen molar-refractivity contribution < 1.29 is 14.0 Å². The van der Waals surface area contributed by atoms with Gasteiger partial charge in [-0.05, 0) is 109 Å². The fourth-order valence-corrected chi connectivity index (χ4v) is 7.01. The minimum absolute atomic E-state index is 0.00602. The molecule has 8 nitrogen and oxygen atoms in total. The van der Waals surface area contributed by atoms with Crippen LogP contribution in [0.2, 0.25) is 0 Å². The fourth-order valence-electron chi connectivity index (χ4n) is 7.01. The summed E-state index contributed by atoms with van der Waals surface area (Å²) in [4.78, 5) is 40.9. The van der Waals surface area contributed by atoms with Crippen molar-refractivity contribution in [2.75, 3.05) is 33.7 Å². The van der Waals surface area contributed by atoms with Crippen LogP contribution in [-0.2, 0) is 10.3 Å². The zero-order chi connectivity index (χ0) is 29.2. The average Bonchev–Trinajstić information content (AvgIpc) is 3.16. The zero-order valence-electron chi connectivity index (χ0n) is 24.9. The lowest BCUT2D eigenvalue weighted by Gasteiger charge is -2.51. The van der Waals surface area contributed by atoms with Crippen LogP contribution in [0, 0.1) is 17.7 Å². The predicted octanol–water partition coefficient (Wildman–Crippen LogP) is 5.31. The number of hydrogen-bond donors (Lipinski definition) is 1. The Balaban J connectivity index is 1.35. The van der Waals surface area contributed by atoms with Crippen molar-refractivity contribution >= 4 is 24.5 Å². The molecule has 0 aromatic heterocycles. The molecule has 4 aliphatic rings. The molecule has 222 valence electrons. The van der Waals surface area contributed by atoms with Crippen molar-refractivity contribution in [3.63, 3.8) is 0 Å². The molecule has 1 aliphatic heterocycles. The summed E-state index contributed by atoms with van der Waals surface area (Å²) in [6, 6.07) is 6.98. The van der Waals surface area contributed by atoms with Crippen LogP contribution in [0.25, 0.3) is 0 Å². The second kappa shape index (κ2) is 12.0. The van der Waals surface area contributed by atoms with Gasteiger partial charge < -0.3 is 10.2 Å². The maximum Gasteiger partial charge on any atom is 0.324 e. The van der Waals surface area contributed by atoms with Gasteiger partial charge in [-0.15, -0.1) is 0 Å². The highest BCUT2D eigenvalue weighted by Crippen LogP contribution is 2.50. The third-order valence-corrected chi connectivity index (χ3v) is 10.3. The quantitative estimate of drug-likeness (QED) is 0.343. The Bertz CT molecular complexity index is 1210. The van der Waals surface area contributed by atoms with Crippen molar-refractivity contribution in [3.8, 4) is 0 Å². The van der Waals surface area contributed by atoms with E-state index < -0.39 is 0 Å². The lowest BCUT2D eigenvalue weighted by molar-refractivity contribution is -0.115. The molecule has 3 saturated carbocycles. The summed E-state index contributed by atoms with van der Waals surface area (Å²) in [7, 11) is 4.14. The van der Waals surface area contributed by atoms with E-state index in [2.05, 4.69) is 45.9 Å². The Morgan fingerprint density at radius 3 is 2.39 bits per heavy atom. The van der Waals surface area contributed by atoms with Gasteiger partial charge in [0.05, 0.1) is 12.1 Å². The highest BCUT2D eigenvalue weighted by molar-refractivity contribution is 6.39. The van der Waals surface area contributed by atoms with Gasteiger partial charge >= 0.3 is 6.03 Å². The van der Waals surface area contributed by atoms with Crippen LogP contribution >= 0.6 is 0 Å². The van der Waals surface area contributed by atoms with E-state index in [-0.39, 0.29) is 34.7 Å². The number of amides is 3. The van der Waals surface area contributed by atoms with Crippen LogP contribution < -0.4 is 5.32 Å². The summed E-state index contributed by atoms with van der Waals surface area (Å²) in [6.07, 6.45) is 11.9. The van der Waals surface area contributed by atoms with Crippen molar-refractivity contribution in [1.29, 1.82) is 0 Å². The number of carbonyl (C=O) groups excluding carboxylic acids is 2. The summed E-state index contributed by atoms with van der Waals surface area (Å²) >= 11 is 0. The molecule has 5 rings (SSSR count). The zero-order valence-corrected chi connectivity index (χ0v) is 24.9. The first-order chi connectivity index (χ1) is 19.7. The molecule has 4 fully saturated rings. The third-order valence-electron chi connectivity index (χ3n) is 10.3. The average molecular weight is 565 g/mol.